The average Bonchev–Trinajstić information content (AvgIpc) is 2.83. The van der Waals surface area contributed by atoms with Crippen LogP contribution in [0, 0.1) is 19.3 Å². The first kappa shape index (κ1) is 19.5. The summed E-state index contributed by atoms with van der Waals surface area (Å²) in [5, 5.41) is 5.28. The molecule has 5 nitrogen and oxygen atoms in total. The summed E-state index contributed by atoms with van der Waals surface area (Å²) in [5.41, 5.74) is 9.42. The minimum Gasteiger partial charge on any atom is -0.345 e. The maximum Gasteiger partial charge on any atom is 0.226 e. The Balaban J connectivity index is 2.20. The maximum absolute atomic E-state index is 12.6. The first-order chi connectivity index (χ1) is 11.6. The van der Waals surface area contributed by atoms with Gasteiger partial charge in [0.05, 0.1) is 17.8 Å². The zero-order valence-corrected chi connectivity index (χ0v) is 16.4. The molecule has 0 aliphatic heterocycles. The first-order valence-electron chi connectivity index (χ1n) is 8.39. The fraction of sp³-hybridized carbons (Fsp3) is 0.474. The van der Waals surface area contributed by atoms with Gasteiger partial charge in [0, 0.05) is 29.9 Å². The molecule has 0 atom stereocenters. The van der Waals surface area contributed by atoms with E-state index in [1.54, 1.807) is 4.90 Å². The Morgan fingerprint density at radius 3 is 2.44 bits per heavy atom. The second kappa shape index (κ2) is 7.58. The van der Waals surface area contributed by atoms with Gasteiger partial charge in [-0.1, -0.05) is 25.4 Å². The molecule has 1 heterocycles. The quantitative estimate of drug-likeness (QED) is 0.858. The summed E-state index contributed by atoms with van der Waals surface area (Å²) in [4.78, 5) is 14.4. The van der Waals surface area contributed by atoms with E-state index in [0.717, 1.165) is 22.6 Å². The van der Waals surface area contributed by atoms with Crippen LogP contribution >= 0.6 is 11.6 Å². The Bertz CT molecular complexity index is 750. The molecule has 0 saturated carbocycles. The second-order valence-electron chi connectivity index (χ2n) is 7.33. The molecule has 136 valence electrons. The Morgan fingerprint density at radius 2 is 1.88 bits per heavy atom. The SMILES string of the molecule is Cc1nn(-c2ccc(Cl)cc2)c(C)c1CC(=O)N(C)CC(C)(C)CN. The summed E-state index contributed by atoms with van der Waals surface area (Å²) in [6.07, 6.45) is 0.336. The van der Waals surface area contributed by atoms with Crippen molar-refractivity contribution in [2.24, 2.45) is 11.1 Å². The molecule has 0 fully saturated rings. The van der Waals surface area contributed by atoms with Gasteiger partial charge in [0.1, 0.15) is 0 Å². The van der Waals surface area contributed by atoms with Crippen molar-refractivity contribution >= 4 is 17.5 Å². The maximum atomic E-state index is 12.6. The van der Waals surface area contributed by atoms with E-state index in [1.165, 1.54) is 0 Å². The fourth-order valence-corrected chi connectivity index (χ4v) is 2.97. The van der Waals surface area contributed by atoms with Gasteiger partial charge in [-0.05, 0) is 50.1 Å². The average molecular weight is 363 g/mol. The summed E-state index contributed by atoms with van der Waals surface area (Å²) in [7, 11) is 1.83. The summed E-state index contributed by atoms with van der Waals surface area (Å²) < 4.78 is 1.86. The number of amides is 1. The molecule has 0 radical (unpaired) electrons. The van der Waals surface area contributed by atoms with E-state index in [9.17, 15) is 4.79 Å². The molecule has 25 heavy (non-hydrogen) atoms. The number of benzene rings is 1. The van der Waals surface area contributed by atoms with Gasteiger partial charge >= 0.3 is 0 Å². The van der Waals surface area contributed by atoms with E-state index in [-0.39, 0.29) is 11.3 Å². The van der Waals surface area contributed by atoms with Gasteiger partial charge in [0.2, 0.25) is 5.91 Å². The van der Waals surface area contributed by atoms with E-state index in [1.807, 2.05) is 49.8 Å². The Kier molecular flexibility index (Phi) is 5.91. The third-order valence-electron chi connectivity index (χ3n) is 4.48. The molecule has 0 aliphatic carbocycles. The number of hydrogen-bond acceptors (Lipinski definition) is 3. The predicted octanol–water partition coefficient (Wildman–Crippen LogP) is 3.13. The van der Waals surface area contributed by atoms with Crippen LogP contribution in [0.5, 0.6) is 0 Å². The number of aryl methyl sites for hydroxylation is 1. The molecular formula is C19H27ClN4O. The van der Waals surface area contributed by atoms with Crippen LogP contribution in [0.3, 0.4) is 0 Å². The molecule has 2 N–H and O–H groups in total. The Labute approximate surface area is 154 Å². The summed E-state index contributed by atoms with van der Waals surface area (Å²) >= 11 is 5.96. The first-order valence-corrected chi connectivity index (χ1v) is 8.77. The van der Waals surface area contributed by atoms with E-state index >= 15 is 0 Å². The lowest BCUT2D eigenvalue weighted by molar-refractivity contribution is -0.130. The van der Waals surface area contributed by atoms with E-state index < -0.39 is 0 Å². The van der Waals surface area contributed by atoms with Crippen LogP contribution in [0.15, 0.2) is 24.3 Å². The third-order valence-corrected chi connectivity index (χ3v) is 4.74. The molecule has 0 saturated heterocycles. The molecule has 1 aromatic carbocycles. The highest BCUT2D eigenvalue weighted by Crippen LogP contribution is 2.21. The molecular weight excluding hydrogens is 336 g/mol. The number of halogens is 1. The van der Waals surface area contributed by atoms with Gasteiger partial charge in [0.25, 0.3) is 0 Å². The highest BCUT2D eigenvalue weighted by atomic mass is 35.5. The van der Waals surface area contributed by atoms with Gasteiger partial charge in [-0.3, -0.25) is 4.79 Å². The lowest BCUT2D eigenvalue weighted by atomic mass is 9.93. The monoisotopic (exact) mass is 362 g/mol. The number of carbonyl (C=O) groups excluding carboxylic acids is 1. The molecule has 0 aliphatic rings. The second-order valence-corrected chi connectivity index (χ2v) is 7.77. The van der Waals surface area contributed by atoms with E-state index in [4.69, 9.17) is 17.3 Å². The molecule has 0 spiro atoms. The van der Waals surface area contributed by atoms with Crippen molar-refractivity contribution in [1.82, 2.24) is 14.7 Å². The number of aromatic nitrogens is 2. The van der Waals surface area contributed by atoms with Crippen LogP contribution in [-0.4, -0.2) is 40.7 Å². The lowest BCUT2D eigenvalue weighted by Gasteiger charge is -2.29. The van der Waals surface area contributed by atoms with E-state index in [0.29, 0.717) is 24.5 Å². The standard InChI is InChI=1S/C19H27ClN4O/c1-13-17(10-18(25)23(5)12-19(3,4)11-21)14(2)24(22-13)16-8-6-15(20)7-9-16/h6-9H,10-12,21H2,1-5H3. The van der Waals surface area contributed by atoms with Crippen LogP contribution in [0.25, 0.3) is 5.69 Å². The van der Waals surface area contributed by atoms with Crippen molar-refractivity contribution in [3.63, 3.8) is 0 Å². The molecule has 1 aromatic heterocycles. The highest BCUT2D eigenvalue weighted by molar-refractivity contribution is 6.30. The number of nitrogens with zero attached hydrogens (tertiary/aromatic N) is 3. The number of hydrogen-bond donors (Lipinski definition) is 1. The zero-order valence-electron chi connectivity index (χ0n) is 15.6. The third kappa shape index (κ3) is 4.61. The molecule has 0 unspecified atom stereocenters. The van der Waals surface area contributed by atoms with Crippen molar-refractivity contribution in [2.75, 3.05) is 20.1 Å². The normalized spacial score (nSPS) is 11.6. The highest BCUT2D eigenvalue weighted by Gasteiger charge is 2.23. The summed E-state index contributed by atoms with van der Waals surface area (Å²) in [6, 6.07) is 7.51. The van der Waals surface area contributed by atoms with Gasteiger partial charge in [-0.15, -0.1) is 0 Å². The van der Waals surface area contributed by atoms with Crippen LogP contribution in [0.1, 0.15) is 30.8 Å². The van der Waals surface area contributed by atoms with E-state index in [2.05, 4.69) is 18.9 Å². The molecule has 1 amide bonds. The molecule has 0 bridgehead atoms. The van der Waals surface area contributed by atoms with Gasteiger partial charge in [-0.2, -0.15) is 5.10 Å². The number of likely N-dealkylation sites (N-methyl/N-ethyl adjacent to an activating group) is 1. The molecule has 2 aromatic rings. The van der Waals surface area contributed by atoms with Gasteiger partial charge < -0.3 is 10.6 Å². The number of carbonyl (C=O) groups is 1. The fourth-order valence-electron chi connectivity index (χ4n) is 2.85. The smallest absolute Gasteiger partial charge is 0.226 e. The Morgan fingerprint density at radius 1 is 1.28 bits per heavy atom. The molecule has 2 rings (SSSR count). The minimum atomic E-state index is -0.0953. The van der Waals surface area contributed by atoms with Crippen molar-refractivity contribution in [3.8, 4) is 5.69 Å². The lowest BCUT2D eigenvalue weighted by Crippen LogP contribution is -2.40. The summed E-state index contributed by atoms with van der Waals surface area (Å²) in [6.45, 7) is 9.22. The van der Waals surface area contributed by atoms with Crippen LogP contribution < -0.4 is 5.73 Å². The molecule has 6 heteroatoms. The van der Waals surface area contributed by atoms with Gasteiger partial charge in [-0.25, -0.2) is 4.68 Å². The summed E-state index contributed by atoms with van der Waals surface area (Å²) in [5.74, 6) is 0.0726. The van der Waals surface area contributed by atoms with Crippen molar-refractivity contribution in [3.05, 3.63) is 46.2 Å². The van der Waals surface area contributed by atoms with Crippen LogP contribution in [-0.2, 0) is 11.2 Å². The minimum absolute atomic E-state index is 0.0726. The van der Waals surface area contributed by atoms with Crippen LogP contribution in [0.2, 0.25) is 5.02 Å². The van der Waals surface area contributed by atoms with Crippen molar-refractivity contribution in [1.29, 1.82) is 0 Å². The Hall–Kier alpha value is -1.85. The number of nitrogens with two attached hydrogens (primary N) is 1. The number of rotatable bonds is 6. The zero-order chi connectivity index (χ0) is 18.8. The topological polar surface area (TPSA) is 64.2 Å². The predicted molar refractivity (Wildman–Crippen MR) is 102 cm³/mol. The van der Waals surface area contributed by atoms with Crippen molar-refractivity contribution in [2.45, 2.75) is 34.1 Å². The van der Waals surface area contributed by atoms with Gasteiger partial charge in [0.15, 0.2) is 0 Å². The van der Waals surface area contributed by atoms with Crippen molar-refractivity contribution < 1.29 is 4.79 Å². The largest absolute Gasteiger partial charge is 0.345 e. The van der Waals surface area contributed by atoms with Crippen LogP contribution in [0.4, 0.5) is 0 Å².